The molecule has 2 aliphatic rings. The number of nitrogens with one attached hydrogen (secondary N) is 1. The molecule has 0 saturated heterocycles. The molecule has 5 nitrogen and oxygen atoms in total. The summed E-state index contributed by atoms with van der Waals surface area (Å²) in [5.41, 5.74) is 1.52. The normalized spacial score (nSPS) is 20.3. The van der Waals surface area contributed by atoms with Gasteiger partial charge in [-0.1, -0.05) is 20.8 Å². The van der Waals surface area contributed by atoms with Gasteiger partial charge in [-0.05, 0) is 37.3 Å². The molecule has 148 valence electrons. The maximum atomic E-state index is 14.4. The van der Waals surface area contributed by atoms with Gasteiger partial charge in [-0.3, -0.25) is 9.59 Å². The highest BCUT2D eigenvalue weighted by Crippen LogP contribution is 2.54. The lowest BCUT2D eigenvalue weighted by Crippen LogP contribution is -2.36. The summed E-state index contributed by atoms with van der Waals surface area (Å²) in [6.07, 6.45) is 2.85. The molecule has 1 saturated carbocycles. The molecular formula is C21H23F2N3O2. The van der Waals surface area contributed by atoms with Crippen molar-refractivity contribution in [2.24, 2.45) is 5.41 Å². The van der Waals surface area contributed by atoms with Crippen LogP contribution in [0.1, 0.15) is 73.6 Å². The van der Waals surface area contributed by atoms with Crippen molar-refractivity contribution in [2.45, 2.75) is 51.9 Å². The van der Waals surface area contributed by atoms with Crippen LogP contribution >= 0.6 is 0 Å². The van der Waals surface area contributed by atoms with E-state index in [0.29, 0.717) is 0 Å². The zero-order valence-electron chi connectivity index (χ0n) is 16.2. The largest absolute Gasteiger partial charge is 0.344 e. The minimum atomic E-state index is -0.719. The molecular weight excluding hydrogens is 364 g/mol. The molecule has 1 aromatic carbocycles. The highest BCUT2D eigenvalue weighted by atomic mass is 19.1. The summed E-state index contributed by atoms with van der Waals surface area (Å²) in [7, 11) is 0. The summed E-state index contributed by atoms with van der Waals surface area (Å²) in [5, 5.41) is 7.07. The maximum Gasteiger partial charge on any atom is 0.272 e. The van der Waals surface area contributed by atoms with E-state index >= 15 is 0 Å². The fourth-order valence-electron chi connectivity index (χ4n) is 4.24. The Hall–Kier alpha value is -2.57. The first kappa shape index (κ1) is 18.8. The van der Waals surface area contributed by atoms with Crippen molar-refractivity contribution >= 4 is 11.7 Å². The van der Waals surface area contributed by atoms with Crippen molar-refractivity contribution < 1.29 is 18.4 Å². The lowest BCUT2D eigenvalue weighted by atomic mass is 9.91. The molecule has 0 aliphatic heterocycles. The monoisotopic (exact) mass is 387 g/mol. The quantitative estimate of drug-likeness (QED) is 0.866. The third kappa shape index (κ3) is 3.02. The van der Waals surface area contributed by atoms with Crippen molar-refractivity contribution in [1.82, 2.24) is 15.1 Å². The number of rotatable bonds is 4. The number of amides is 1. The highest BCUT2D eigenvalue weighted by molar-refractivity contribution is 5.98. The van der Waals surface area contributed by atoms with Crippen LogP contribution in [0.25, 0.3) is 5.69 Å². The van der Waals surface area contributed by atoms with Gasteiger partial charge in [0.25, 0.3) is 5.91 Å². The minimum Gasteiger partial charge on any atom is -0.344 e. The number of hydrogen-bond acceptors (Lipinski definition) is 3. The zero-order valence-corrected chi connectivity index (χ0v) is 16.2. The number of aromatic nitrogens is 2. The summed E-state index contributed by atoms with van der Waals surface area (Å²) in [6, 6.07) is 3.34. The van der Waals surface area contributed by atoms with E-state index in [4.69, 9.17) is 0 Å². The number of fused-ring (bicyclic) bond motifs is 5. The smallest absolute Gasteiger partial charge is 0.272 e. The maximum absolute atomic E-state index is 14.4. The number of nitrogens with zero attached hydrogens (tertiary/aromatic N) is 2. The molecule has 1 heterocycles. The van der Waals surface area contributed by atoms with Crippen LogP contribution in [0.2, 0.25) is 0 Å². The Morgan fingerprint density at radius 2 is 1.93 bits per heavy atom. The molecule has 0 radical (unpaired) electrons. The summed E-state index contributed by atoms with van der Waals surface area (Å²) in [4.78, 5) is 24.9. The van der Waals surface area contributed by atoms with Crippen LogP contribution in [-0.4, -0.2) is 28.0 Å². The molecule has 1 fully saturated rings. The average molecular weight is 387 g/mol. The molecule has 1 N–H and O–H groups in total. The van der Waals surface area contributed by atoms with E-state index < -0.39 is 23.0 Å². The molecule has 2 aliphatic carbocycles. The fraction of sp³-hybridized carbons (Fsp3) is 0.476. The second kappa shape index (κ2) is 6.50. The van der Waals surface area contributed by atoms with E-state index in [1.165, 1.54) is 16.8 Å². The van der Waals surface area contributed by atoms with Crippen LogP contribution < -0.4 is 5.32 Å². The molecule has 4 rings (SSSR count). The first-order chi connectivity index (χ1) is 13.2. The first-order valence-corrected chi connectivity index (χ1v) is 9.56. The van der Waals surface area contributed by atoms with Gasteiger partial charge in [0.05, 0.1) is 12.2 Å². The van der Waals surface area contributed by atoms with Gasteiger partial charge >= 0.3 is 0 Å². The number of hydrogen-bond donors (Lipinski definition) is 1. The van der Waals surface area contributed by atoms with Crippen LogP contribution in [0.3, 0.4) is 0 Å². The van der Waals surface area contributed by atoms with Crippen molar-refractivity contribution in [2.75, 3.05) is 6.54 Å². The van der Waals surface area contributed by atoms with Gasteiger partial charge in [0, 0.05) is 23.0 Å². The third-order valence-electron chi connectivity index (χ3n) is 5.79. The van der Waals surface area contributed by atoms with E-state index in [9.17, 15) is 18.4 Å². The van der Waals surface area contributed by atoms with Crippen molar-refractivity contribution in [3.05, 3.63) is 46.8 Å². The molecule has 1 aromatic heterocycles. The SMILES string of the molecule is CC(C)(C)C(=O)CNC(=O)c1nn(-c2ccc(F)cc2F)c2c1C1CCC2C1. The Bertz CT molecular complexity index is 975. The molecule has 2 unspecified atom stereocenters. The van der Waals surface area contributed by atoms with Crippen LogP contribution in [0, 0.1) is 17.0 Å². The van der Waals surface area contributed by atoms with Crippen molar-refractivity contribution in [1.29, 1.82) is 0 Å². The Labute approximate surface area is 162 Å². The zero-order chi connectivity index (χ0) is 20.2. The first-order valence-electron chi connectivity index (χ1n) is 9.56. The lowest BCUT2D eigenvalue weighted by Gasteiger charge is -2.17. The van der Waals surface area contributed by atoms with Crippen LogP contribution in [0.4, 0.5) is 8.78 Å². The summed E-state index contributed by atoms with van der Waals surface area (Å²) >= 11 is 0. The number of carbonyl (C=O) groups is 2. The number of carbonyl (C=O) groups excluding carboxylic acids is 2. The number of halogens is 2. The predicted molar refractivity (Wildman–Crippen MR) is 99.6 cm³/mol. The Morgan fingerprint density at radius 3 is 2.61 bits per heavy atom. The van der Waals surface area contributed by atoms with E-state index in [0.717, 1.165) is 36.6 Å². The second-order valence-electron chi connectivity index (χ2n) is 8.72. The minimum absolute atomic E-state index is 0.0804. The lowest BCUT2D eigenvalue weighted by molar-refractivity contribution is -0.125. The fourth-order valence-corrected chi connectivity index (χ4v) is 4.24. The van der Waals surface area contributed by atoms with Crippen LogP contribution in [-0.2, 0) is 4.79 Å². The Balaban J connectivity index is 1.71. The van der Waals surface area contributed by atoms with E-state index in [1.54, 1.807) is 20.8 Å². The molecule has 2 bridgehead atoms. The van der Waals surface area contributed by atoms with Gasteiger partial charge in [-0.25, -0.2) is 13.5 Å². The predicted octanol–water partition coefficient (Wildman–Crippen LogP) is 3.86. The molecule has 7 heteroatoms. The van der Waals surface area contributed by atoms with E-state index in [2.05, 4.69) is 10.4 Å². The molecule has 0 spiro atoms. The van der Waals surface area contributed by atoms with E-state index in [-0.39, 0.29) is 35.5 Å². The van der Waals surface area contributed by atoms with E-state index in [1.807, 2.05) is 0 Å². The van der Waals surface area contributed by atoms with Gasteiger partial charge in [-0.15, -0.1) is 0 Å². The Kier molecular flexibility index (Phi) is 4.36. The van der Waals surface area contributed by atoms with Gasteiger partial charge in [0.1, 0.15) is 11.5 Å². The summed E-state index contributed by atoms with van der Waals surface area (Å²) < 4.78 is 29.2. The number of ketones is 1. The van der Waals surface area contributed by atoms with Gasteiger partial charge < -0.3 is 5.32 Å². The number of Topliss-reactive ketones (excluding diaryl/α,β-unsaturated/α-hetero) is 1. The van der Waals surface area contributed by atoms with Crippen molar-refractivity contribution in [3.63, 3.8) is 0 Å². The van der Waals surface area contributed by atoms with Crippen LogP contribution in [0.5, 0.6) is 0 Å². The molecule has 2 aromatic rings. The van der Waals surface area contributed by atoms with Crippen molar-refractivity contribution in [3.8, 4) is 5.69 Å². The Morgan fingerprint density at radius 1 is 1.21 bits per heavy atom. The summed E-state index contributed by atoms with van der Waals surface area (Å²) in [6.45, 7) is 5.31. The molecule has 28 heavy (non-hydrogen) atoms. The van der Waals surface area contributed by atoms with Gasteiger partial charge in [0.2, 0.25) is 0 Å². The molecule has 2 atom stereocenters. The van der Waals surface area contributed by atoms with Crippen LogP contribution in [0.15, 0.2) is 18.2 Å². The number of benzene rings is 1. The topological polar surface area (TPSA) is 64.0 Å². The molecule has 1 amide bonds. The highest BCUT2D eigenvalue weighted by Gasteiger charge is 2.44. The third-order valence-corrected chi connectivity index (χ3v) is 5.79. The second-order valence-corrected chi connectivity index (χ2v) is 8.72. The van der Waals surface area contributed by atoms with Gasteiger partial charge in [-0.2, -0.15) is 5.10 Å². The average Bonchev–Trinajstić information content (AvgIpc) is 3.31. The standard InChI is InChI=1S/C21H23F2N3O2/c1-21(2,3)16(27)10-24-20(28)18-17-11-4-5-12(8-11)19(17)26(25-18)15-7-6-13(22)9-14(15)23/h6-7,9,11-12H,4-5,8,10H2,1-3H3,(H,24,28). The van der Waals surface area contributed by atoms with Gasteiger partial charge in [0.15, 0.2) is 17.3 Å². The summed E-state index contributed by atoms with van der Waals surface area (Å²) in [5.74, 6) is -1.45.